The maximum atomic E-state index is 13.3. The molecular weight excluding hydrogens is 390 g/mol. The fourth-order valence-electron chi connectivity index (χ4n) is 5.05. The van der Waals surface area contributed by atoms with E-state index in [4.69, 9.17) is 0 Å². The smallest absolute Gasteiger partial charge is 0.325 e. The monoisotopic (exact) mass is 415 g/mol. The van der Waals surface area contributed by atoms with Crippen LogP contribution in [0.3, 0.4) is 0 Å². The molecule has 2 aromatic carbocycles. The standard InChI is InChI=1S/C25H25N3O3/c29-22(27-16-6-10-20(27)13-12-18-7-2-1-3-8-18)17-28-23(30)25(26-24(28)31)15-14-19-9-4-5-11-21(19)25/h1-5,7-9,11-13,20H,6,10,14-17H2,(H,26,31). The lowest BCUT2D eigenvalue weighted by atomic mass is 9.92. The lowest BCUT2D eigenvalue weighted by molar-refractivity contribution is -0.139. The number of fused-ring (bicyclic) bond motifs is 2. The predicted octanol–water partition coefficient (Wildman–Crippen LogP) is 3.08. The normalized spacial score (nSPS) is 25.0. The van der Waals surface area contributed by atoms with Crippen LogP contribution in [0, 0.1) is 0 Å². The number of imide groups is 1. The molecule has 2 fully saturated rings. The summed E-state index contributed by atoms with van der Waals surface area (Å²) in [6, 6.07) is 17.2. The van der Waals surface area contributed by atoms with Crippen LogP contribution in [-0.2, 0) is 21.5 Å². The zero-order chi connectivity index (χ0) is 21.4. The highest BCUT2D eigenvalue weighted by atomic mass is 16.2. The Labute approximate surface area is 181 Å². The van der Waals surface area contributed by atoms with E-state index in [0.717, 1.165) is 40.9 Å². The van der Waals surface area contributed by atoms with E-state index in [1.165, 1.54) is 0 Å². The van der Waals surface area contributed by atoms with Crippen molar-refractivity contribution in [3.8, 4) is 0 Å². The molecule has 6 heteroatoms. The molecule has 2 atom stereocenters. The van der Waals surface area contributed by atoms with Crippen LogP contribution in [0.25, 0.3) is 6.08 Å². The average Bonchev–Trinajstić information content (AvgIpc) is 3.47. The first-order valence-electron chi connectivity index (χ1n) is 10.8. The molecule has 4 amide bonds. The molecule has 0 radical (unpaired) electrons. The van der Waals surface area contributed by atoms with Crippen molar-refractivity contribution in [1.29, 1.82) is 0 Å². The SMILES string of the molecule is O=C1NC2(CCc3ccccc32)C(=O)N1CC(=O)N1CCCC1C=Cc1ccccc1. The van der Waals surface area contributed by atoms with Gasteiger partial charge in [0.15, 0.2) is 0 Å². The fraction of sp³-hybridized carbons (Fsp3) is 0.320. The van der Waals surface area contributed by atoms with Crippen LogP contribution in [0.2, 0.25) is 0 Å². The van der Waals surface area contributed by atoms with E-state index in [1.807, 2.05) is 66.7 Å². The quantitative estimate of drug-likeness (QED) is 0.781. The molecule has 2 aromatic rings. The van der Waals surface area contributed by atoms with E-state index in [1.54, 1.807) is 4.90 Å². The van der Waals surface area contributed by atoms with Crippen molar-refractivity contribution in [1.82, 2.24) is 15.1 Å². The maximum absolute atomic E-state index is 13.3. The zero-order valence-electron chi connectivity index (χ0n) is 17.3. The van der Waals surface area contributed by atoms with E-state index in [-0.39, 0.29) is 24.4 Å². The lowest BCUT2D eigenvalue weighted by Gasteiger charge is -2.25. The highest BCUT2D eigenvalue weighted by molar-refractivity contribution is 6.10. The molecule has 0 aromatic heterocycles. The molecule has 2 unspecified atom stereocenters. The largest absolute Gasteiger partial charge is 0.335 e. The van der Waals surface area contributed by atoms with Gasteiger partial charge in [-0.25, -0.2) is 4.79 Å². The molecule has 1 spiro atoms. The predicted molar refractivity (Wildman–Crippen MR) is 117 cm³/mol. The van der Waals surface area contributed by atoms with Gasteiger partial charge in [0, 0.05) is 6.54 Å². The van der Waals surface area contributed by atoms with Crippen LogP contribution in [0.5, 0.6) is 0 Å². The lowest BCUT2D eigenvalue weighted by Crippen LogP contribution is -2.45. The van der Waals surface area contributed by atoms with Crippen LogP contribution >= 0.6 is 0 Å². The number of benzene rings is 2. The summed E-state index contributed by atoms with van der Waals surface area (Å²) in [6.45, 7) is 0.421. The van der Waals surface area contributed by atoms with Gasteiger partial charge in [0.25, 0.3) is 5.91 Å². The number of aryl methyl sites for hydroxylation is 1. The van der Waals surface area contributed by atoms with Gasteiger partial charge in [0.05, 0.1) is 6.04 Å². The molecule has 3 aliphatic rings. The summed E-state index contributed by atoms with van der Waals surface area (Å²) in [4.78, 5) is 42.0. The van der Waals surface area contributed by atoms with Crippen LogP contribution in [0.4, 0.5) is 4.79 Å². The minimum atomic E-state index is -1.02. The topological polar surface area (TPSA) is 69.7 Å². The second kappa shape index (κ2) is 7.69. The number of rotatable bonds is 4. The van der Waals surface area contributed by atoms with Crippen LogP contribution in [0.15, 0.2) is 60.7 Å². The summed E-state index contributed by atoms with van der Waals surface area (Å²) in [5, 5.41) is 2.89. The Hall–Kier alpha value is -3.41. The average molecular weight is 415 g/mol. The summed E-state index contributed by atoms with van der Waals surface area (Å²) in [7, 11) is 0. The summed E-state index contributed by atoms with van der Waals surface area (Å²) in [6.07, 6.45) is 7.13. The Bertz CT molecular complexity index is 1060. The number of nitrogens with zero attached hydrogens (tertiary/aromatic N) is 2. The molecule has 2 saturated heterocycles. The maximum Gasteiger partial charge on any atom is 0.325 e. The molecule has 6 nitrogen and oxygen atoms in total. The molecule has 158 valence electrons. The van der Waals surface area contributed by atoms with Crippen LogP contribution in [0.1, 0.15) is 36.0 Å². The van der Waals surface area contributed by atoms with Gasteiger partial charge in [-0.1, -0.05) is 66.7 Å². The molecule has 1 N–H and O–H groups in total. The van der Waals surface area contributed by atoms with Crippen molar-refractivity contribution < 1.29 is 14.4 Å². The van der Waals surface area contributed by atoms with E-state index >= 15 is 0 Å². The van der Waals surface area contributed by atoms with E-state index in [0.29, 0.717) is 13.0 Å². The minimum Gasteiger partial charge on any atom is -0.335 e. The number of carbonyl (C=O) groups excluding carboxylic acids is 3. The van der Waals surface area contributed by atoms with Gasteiger partial charge in [-0.05, 0) is 42.4 Å². The van der Waals surface area contributed by atoms with Gasteiger partial charge in [-0.3, -0.25) is 14.5 Å². The molecule has 2 aliphatic heterocycles. The molecule has 0 saturated carbocycles. The van der Waals surface area contributed by atoms with Crippen molar-refractivity contribution in [3.05, 3.63) is 77.4 Å². The van der Waals surface area contributed by atoms with E-state index in [2.05, 4.69) is 5.32 Å². The van der Waals surface area contributed by atoms with Crippen molar-refractivity contribution in [3.63, 3.8) is 0 Å². The third kappa shape index (κ3) is 3.32. The number of carbonyl (C=O) groups is 3. The second-order valence-corrected chi connectivity index (χ2v) is 8.45. The fourth-order valence-corrected chi connectivity index (χ4v) is 5.05. The Balaban J connectivity index is 1.31. The van der Waals surface area contributed by atoms with Crippen molar-refractivity contribution in [2.75, 3.05) is 13.1 Å². The molecule has 31 heavy (non-hydrogen) atoms. The Kier molecular flexibility index (Phi) is 4.85. The first-order chi connectivity index (χ1) is 15.1. The molecule has 2 heterocycles. The number of urea groups is 1. The Morgan fingerprint density at radius 2 is 1.87 bits per heavy atom. The van der Waals surface area contributed by atoms with Crippen LogP contribution in [-0.4, -0.2) is 46.8 Å². The molecule has 0 bridgehead atoms. The third-order valence-electron chi connectivity index (χ3n) is 6.65. The van der Waals surface area contributed by atoms with Gasteiger partial charge in [-0.15, -0.1) is 0 Å². The Morgan fingerprint density at radius 1 is 1.10 bits per heavy atom. The highest BCUT2D eigenvalue weighted by Gasteiger charge is 2.55. The van der Waals surface area contributed by atoms with Gasteiger partial charge in [0.1, 0.15) is 12.1 Å². The number of hydrogen-bond acceptors (Lipinski definition) is 3. The first-order valence-corrected chi connectivity index (χ1v) is 10.8. The van der Waals surface area contributed by atoms with Gasteiger partial charge in [-0.2, -0.15) is 0 Å². The van der Waals surface area contributed by atoms with Gasteiger partial charge < -0.3 is 10.2 Å². The molecular formula is C25H25N3O3. The van der Waals surface area contributed by atoms with Crippen molar-refractivity contribution in [2.24, 2.45) is 0 Å². The first kappa shape index (κ1) is 19.5. The molecule has 1 aliphatic carbocycles. The Morgan fingerprint density at radius 3 is 2.71 bits per heavy atom. The summed E-state index contributed by atoms with van der Waals surface area (Å²) in [5.41, 5.74) is 1.99. The number of hydrogen-bond donors (Lipinski definition) is 1. The van der Waals surface area contributed by atoms with Crippen LogP contribution < -0.4 is 5.32 Å². The van der Waals surface area contributed by atoms with Gasteiger partial charge in [0.2, 0.25) is 5.91 Å². The minimum absolute atomic E-state index is 0.0189. The number of amides is 4. The highest BCUT2D eigenvalue weighted by Crippen LogP contribution is 2.41. The van der Waals surface area contributed by atoms with E-state index in [9.17, 15) is 14.4 Å². The van der Waals surface area contributed by atoms with Crippen molar-refractivity contribution in [2.45, 2.75) is 37.3 Å². The third-order valence-corrected chi connectivity index (χ3v) is 6.65. The summed E-state index contributed by atoms with van der Waals surface area (Å²) >= 11 is 0. The number of likely N-dealkylation sites (tertiary alicyclic amines) is 1. The summed E-state index contributed by atoms with van der Waals surface area (Å²) in [5.74, 6) is -0.501. The number of nitrogens with one attached hydrogen (secondary N) is 1. The molecule has 5 rings (SSSR count). The summed E-state index contributed by atoms with van der Waals surface area (Å²) < 4.78 is 0. The van der Waals surface area contributed by atoms with E-state index < -0.39 is 11.6 Å². The van der Waals surface area contributed by atoms with Crippen molar-refractivity contribution >= 4 is 23.9 Å². The van der Waals surface area contributed by atoms with Gasteiger partial charge >= 0.3 is 6.03 Å². The zero-order valence-corrected chi connectivity index (χ0v) is 17.3. The second-order valence-electron chi connectivity index (χ2n) is 8.45.